The van der Waals surface area contributed by atoms with E-state index < -0.39 is 92.2 Å². The monoisotopic (exact) mass is 876 g/mol. The summed E-state index contributed by atoms with van der Waals surface area (Å²) in [7, 11) is 0. The minimum absolute atomic E-state index is 0.0397. The van der Waals surface area contributed by atoms with Crippen molar-refractivity contribution in [3.05, 3.63) is 23.8 Å². The van der Waals surface area contributed by atoms with Gasteiger partial charge in [-0.3, -0.25) is 0 Å². The van der Waals surface area contributed by atoms with Gasteiger partial charge in [0.15, 0.2) is 18.9 Å². The summed E-state index contributed by atoms with van der Waals surface area (Å²) in [5.41, 5.74) is 0.520. The first-order chi connectivity index (χ1) is 29.3. The highest BCUT2D eigenvalue weighted by atomic mass is 16.7. The Kier molecular flexibility index (Phi) is 20.1. The molecule has 0 amide bonds. The van der Waals surface area contributed by atoms with Crippen LogP contribution in [0.1, 0.15) is 82.5 Å². The fourth-order valence-corrected chi connectivity index (χ4v) is 7.83. The van der Waals surface area contributed by atoms with E-state index in [9.17, 15) is 51.1 Å². The van der Waals surface area contributed by atoms with Gasteiger partial charge in [-0.15, -0.1) is 10.2 Å². The highest BCUT2D eigenvalue weighted by Crippen LogP contribution is 2.34. The van der Waals surface area contributed by atoms with Crippen LogP contribution in [0.2, 0.25) is 0 Å². The lowest BCUT2D eigenvalue weighted by atomic mass is 9.80. The molecular formula is C39H68N6O16. The highest BCUT2D eigenvalue weighted by molar-refractivity contribution is 5.07. The Morgan fingerprint density at radius 3 is 1.49 bits per heavy atom. The molecule has 3 aliphatic heterocycles. The Morgan fingerprint density at radius 2 is 1.07 bits per heavy atom. The molecule has 22 nitrogen and oxygen atoms in total. The highest BCUT2D eigenvalue weighted by Gasteiger charge is 2.45. The maximum Gasteiger partial charge on any atom is 0.186 e. The van der Waals surface area contributed by atoms with Crippen LogP contribution in [-0.2, 0) is 54.4 Å². The SMILES string of the molecule is CCCCCCCCCCCC1OCC(Cc2cn(CC(O)CO[C@@H]3O[C@H](CO)[C@@H](O)[C@H](O)[C@H]3O)nn2)(Cc2cn(CC(O)CO[C@@H]3O[C@H](CO)[C@@H](O)[C@H](O)[C@H]3O)nn2)CO1. The van der Waals surface area contributed by atoms with Crippen LogP contribution in [0, 0.1) is 5.41 Å². The van der Waals surface area contributed by atoms with Crippen LogP contribution in [0.3, 0.4) is 0 Å². The Labute approximate surface area is 354 Å². The van der Waals surface area contributed by atoms with Gasteiger partial charge in [0.1, 0.15) is 48.8 Å². The standard InChI is InChI=1S/C39H68N6O16/c1-2-3-4-5-6-7-8-9-10-11-30-58-22-39(23-59-30,12-24-14-44(42-40-24)16-26(48)20-56-37-35(54)33(52)31(50)28(18-46)60-37)13-25-15-45(43-41-25)17-27(49)21-57-38-36(55)34(53)32(51)29(19-47)61-38/h14-15,26-38,46-55H,2-13,16-23H2,1H3/t26?,27?,28-,29-,30?,31-,32-,33+,34+,35-,36-,37-,38-,39?/m1/s1. The third kappa shape index (κ3) is 14.6. The zero-order valence-corrected chi connectivity index (χ0v) is 34.9. The molecule has 3 saturated heterocycles. The number of nitrogens with zero attached hydrogens (tertiary/aromatic N) is 6. The van der Waals surface area contributed by atoms with E-state index in [0.717, 1.165) is 19.3 Å². The quantitative estimate of drug-likeness (QED) is 0.0430. The average molecular weight is 877 g/mol. The molecule has 3 aliphatic rings. The second kappa shape index (κ2) is 24.6. The van der Waals surface area contributed by atoms with E-state index in [1.807, 2.05) is 0 Å². The summed E-state index contributed by atoms with van der Waals surface area (Å²) < 4.78 is 37.1. The molecule has 2 aromatic heterocycles. The third-order valence-electron chi connectivity index (χ3n) is 11.4. The smallest absolute Gasteiger partial charge is 0.186 e. The lowest BCUT2D eigenvalue weighted by Crippen LogP contribution is -2.59. The number of hydrogen-bond donors (Lipinski definition) is 10. The lowest BCUT2D eigenvalue weighted by molar-refractivity contribution is -0.304. The van der Waals surface area contributed by atoms with Crippen LogP contribution in [0.25, 0.3) is 0 Å². The molecule has 5 rings (SSSR count). The number of unbranched alkanes of at least 4 members (excludes halogenated alkanes) is 8. The molecule has 0 aliphatic carbocycles. The molecule has 3 fully saturated rings. The first kappa shape index (κ1) is 49.7. The Bertz CT molecular complexity index is 1420. The summed E-state index contributed by atoms with van der Waals surface area (Å²) in [5, 5.41) is 118. The summed E-state index contributed by atoms with van der Waals surface area (Å²) >= 11 is 0. The van der Waals surface area contributed by atoms with Gasteiger partial charge in [-0.1, -0.05) is 68.7 Å². The minimum atomic E-state index is -1.61. The van der Waals surface area contributed by atoms with Gasteiger partial charge in [0, 0.05) is 30.7 Å². The summed E-state index contributed by atoms with van der Waals surface area (Å²) in [6.45, 7) is 0.906. The fraction of sp³-hybridized carbons (Fsp3) is 0.897. The second-order valence-electron chi connectivity index (χ2n) is 16.8. The zero-order valence-electron chi connectivity index (χ0n) is 34.9. The molecule has 5 heterocycles. The van der Waals surface area contributed by atoms with Gasteiger partial charge in [-0.05, 0) is 12.8 Å². The molecule has 22 heteroatoms. The first-order valence-electron chi connectivity index (χ1n) is 21.6. The number of aliphatic hydroxyl groups is 10. The normalized spacial score (nSPS) is 33.2. The van der Waals surface area contributed by atoms with Crippen molar-refractivity contribution in [3.63, 3.8) is 0 Å². The summed E-state index contributed by atoms with van der Waals surface area (Å²) in [4.78, 5) is 0. The Morgan fingerprint density at radius 1 is 0.639 bits per heavy atom. The van der Waals surface area contributed by atoms with Crippen molar-refractivity contribution in [1.82, 2.24) is 30.0 Å². The zero-order chi connectivity index (χ0) is 43.9. The van der Waals surface area contributed by atoms with Crippen LogP contribution in [0.15, 0.2) is 12.4 Å². The van der Waals surface area contributed by atoms with Crippen LogP contribution in [-0.4, -0.2) is 201 Å². The van der Waals surface area contributed by atoms with E-state index in [2.05, 4.69) is 27.5 Å². The van der Waals surface area contributed by atoms with Gasteiger partial charge < -0.3 is 79.5 Å². The molecule has 0 bridgehead atoms. The fourth-order valence-electron chi connectivity index (χ4n) is 7.83. The molecule has 0 saturated carbocycles. The largest absolute Gasteiger partial charge is 0.394 e. The first-order valence-corrected chi connectivity index (χ1v) is 21.6. The predicted molar refractivity (Wildman–Crippen MR) is 209 cm³/mol. The maximum absolute atomic E-state index is 10.7. The average Bonchev–Trinajstić information content (AvgIpc) is 3.89. The molecule has 61 heavy (non-hydrogen) atoms. The van der Waals surface area contributed by atoms with E-state index in [0.29, 0.717) is 37.4 Å². The van der Waals surface area contributed by atoms with E-state index >= 15 is 0 Å². The summed E-state index contributed by atoms with van der Waals surface area (Å²) in [6, 6.07) is 0. The second-order valence-corrected chi connectivity index (χ2v) is 16.8. The van der Waals surface area contributed by atoms with Gasteiger partial charge in [0.25, 0.3) is 0 Å². The number of hydrogen-bond acceptors (Lipinski definition) is 20. The molecule has 0 spiro atoms. The molecule has 2 aromatic rings. The van der Waals surface area contributed by atoms with E-state index in [1.165, 1.54) is 54.3 Å². The van der Waals surface area contributed by atoms with Gasteiger partial charge in [-0.2, -0.15) is 0 Å². The Hall–Kier alpha value is -2.36. The van der Waals surface area contributed by atoms with Crippen molar-refractivity contribution in [1.29, 1.82) is 0 Å². The molecular weight excluding hydrogens is 808 g/mol. The minimum Gasteiger partial charge on any atom is -0.394 e. The molecule has 10 N–H and O–H groups in total. The van der Waals surface area contributed by atoms with Gasteiger partial charge in [0.05, 0.1) is 76.3 Å². The maximum atomic E-state index is 10.7. The van der Waals surface area contributed by atoms with Crippen LogP contribution >= 0.6 is 0 Å². The molecule has 350 valence electrons. The van der Waals surface area contributed by atoms with Gasteiger partial charge >= 0.3 is 0 Å². The molecule has 2 unspecified atom stereocenters. The topological polar surface area (TPSA) is 319 Å². The van der Waals surface area contributed by atoms with Crippen molar-refractivity contribution in [2.75, 3.05) is 39.6 Å². The van der Waals surface area contributed by atoms with Crippen LogP contribution in [0.4, 0.5) is 0 Å². The van der Waals surface area contributed by atoms with Crippen molar-refractivity contribution in [2.24, 2.45) is 5.41 Å². The van der Waals surface area contributed by atoms with Crippen LogP contribution in [0.5, 0.6) is 0 Å². The number of ether oxygens (including phenoxy) is 6. The Balaban J connectivity index is 1.15. The molecule has 0 radical (unpaired) electrons. The number of rotatable bonds is 26. The number of aromatic nitrogens is 6. The van der Waals surface area contributed by atoms with Crippen molar-refractivity contribution in [2.45, 2.75) is 177 Å². The van der Waals surface area contributed by atoms with Crippen molar-refractivity contribution in [3.8, 4) is 0 Å². The summed E-state index contributed by atoms with van der Waals surface area (Å²) in [5.74, 6) is 0. The lowest BCUT2D eigenvalue weighted by Gasteiger charge is -2.39. The summed E-state index contributed by atoms with van der Waals surface area (Å²) in [6.07, 6.45) is -1.48. The van der Waals surface area contributed by atoms with E-state index in [1.54, 1.807) is 12.4 Å². The van der Waals surface area contributed by atoms with E-state index in [4.69, 9.17) is 28.4 Å². The molecule has 12 atom stereocenters. The third-order valence-corrected chi connectivity index (χ3v) is 11.4. The van der Waals surface area contributed by atoms with Crippen molar-refractivity contribution >= 4 is 0 Å². The number of aliphatic hydroxyl groups excluding tert-OH is 10. The van der Waals surface area contributed by atoms with Crippen molar-refractivity contribution < 1.29 is 79.5 Å². The van der Waals surface area contributed by atoms with Crippen LogP contribution < -0.4 is 0 Å². The van der Waals surface area contributed by atoms with Gasteiger partial charge in [0.2, 0.25) is 0 Å². The predicted octanol–water partition coefficient (Wildman–Crippen LogP) is -2.71. The van der Waals surface area contributed by atoms with Gasteiger partial charge in [-0.25, -0.2) is 9.36 Å². The van der Waals surface area contributed by atoms with E-state index in [-0.39, 0.29) is 32.6 Å². The molecule has 0 aromatic carbocycles.